The van der Waals surface area contributed by atoms with E-state index < -0.39 is 0 Å². The lowest BCUT2D eigenvalue weighted by Crippen LogP contribution is -2.25. The van der Waals surface area contributed by atoms with Crippen molar-refractivity contribution in [2.45, 2.75) is 0 Å². The molecular formula is C12H9BrN+. The summed E-state index contributed by atoms with van der Waals surface area (Å²) in [5.74, 6) is 0. The highest BCUT2D eigenvalue weighted by Gasteiger charge is 2.06. The van der Waals surface area contributed by atoms with Crippen molar-refractivity contribution < 1.29 is 0 Å². The quantitative estimate of drug-likeness (QED) is 0.620. The van der Waals surface area contributed by atoms with Crippen LogP contribution in [-0.2, 0) is 0 Å². The Morgan fingerprint density at radius 2 is 2.21 bits per heavy atom. The highest BCUT2D eigenvalue weighted by Crippen LogP contribution is 2.07. The summed E-state index contributed by atoms with van der Waals surface area (Å²) in [6, 6.07) is 5.99. The van der Waals surface area contributed by atoms with Crippen LogP contribution in [0.4, 0.5) is 0 Å². The summed E-state index contributed by atoms with van der Waals surface area (Å²) in [6.45, 7) is 3.98. The van der Waals surface area contributed by atoms with Crippen LogP contribution < -0.4 is 10.4 Å². The van der Waals surface area contributed by atoms with Crippen LogP contribution >= 0.6 is 15.9 Å². The van der Waals surface area contributed by atoms with Crippen molar-refractivity contribution in [3.63, 3.8) is 0 Å². The average molecular weight is 247 g/mol. The zero-order valence-corrected chi connectivity index (χ0v) is 9.16. The Balaban J connectivity index is 2.71. The number of benzene rings is 1. The van der Waals surface area contributed by atoms with E-state index in [0.29, 0.717) is 0 Å². The van der Waals surface area contributed by atoms with Gasteiger partial charge < -0.3 is 0 Å². The molecule has 0 amide bonds. The van der Waals surface area contributed by atoms with Crippen molar-refractivity contribution in [3.8, 4) is 0 Å². The maximum atomic E-state index is 4.29. The number of aliphatic imine (C=N–C) groups is 1. The number of nitrogens with zero attached hydrogens (tertiary/aromatic N) is 1. The summed E-state index contributed by atoms with van der Waals surface area (Å²) in [5, 5.41) is 2.06. The van der Waals surface area contributed by atoms with Gasteiger partial charge in [0.2, 0.25) is 0 Å². The third-order valence-electron chi connectivity index (χ3n) is 2.01. The molecule has 0 atom stereocenters. The zero-order valence-electron chi connectivity index (χ0n) is 7.57. The molecule has 1 heterocycles. The van der Waals surface area contributed by atoms with Crippen molar-refractivity contribution in [3.05, 3.63) is 51.7 Å². The normalized spacial score (nSPS) is 18.1. The van der Waals surface area contributed by atoms with Crippen LogP contribution in [0.15, 0.2) is 39.8 Å². The summed E-state index contributed by atoms with van der Waals surface area (Å²) in [4.78, 5) is 4.29. The first-order valence-corrected chi connectivity index (χ1v) is 5.09. The van der Waals surface area contributed by atoms with Crippen LogP contribution in [0.5, 0.6) is 0 Å². The highest BCUT2D eigenvalue weighted by molar-refractivity contribution is 9.10. The molecule has 0 fully saturated rings. The predicted octanol–water partition coefficient (Wildman–Crippen LogP) is 1.81. The van der Waals surface area contributed by atoms with Crippen molar-refractivity contribution in [2.75, 3.05) is 0 Å². The molecule has 0 bridgehead atoms. The van der Waals surface area contributed by atoms with Crippen molar-refractivity contribution in [2.24, 2.45) is 4.99 Å². The molecular weight excluding hydrogens is 238 g/mol. The highest BCUT2D eigenvalue weighted by atomic mass is 79.9. The number of allylic oxidation sites excluding steroid dienone is 1. The SMILES string of the molecule is C=c1ccc(Br)cc1=C1[CH+]C=CC=N1. The molecule has 0 spiro atoms. The minimum Gasteiger partial charge on any atom is -0.215 e. The second kappa shape index (κ2) is 3.84. The predicted molar refractivity (Wildman–Crippen MR) is 64.3 cm³/mol. The smallest absolute Gasteiger partial charge is 0.180 e. The largest absolute Gasteiger partial charge is 0.215 e. The maximum Gasteiger partial charge on any atom is 0.180 e. The topological polar surface area (TPSA) is 12.4 Å². The lowest BCUT2D eigenvalue weighted by molar-refractivity contribution is 1.40. The van der Waals surface area contributed by atoms with Crippen LogP contribution in [-0.4, -0.2) is 6.21 Å². The van der Waals surface area contributed by atoms with Gasteiger partial charge in [0.15, 0.2) is 5.70 Å². The van der Waals surface area contributed by atoms with Gasteiger partial charge in [0.1, 0.15) is 0 Å². The number of hydrogen-bond acceptors (Lipinski definition) is 1. The molecule has 0 aliphatic carbocycles. The van der Waals surface area contributed by atoms with Crippen LogP contribution in [0.25, 0.3) is 12.3 Å². The minimum atomic E-state index is 0.957. The second-order valence-corrected chi connectivity index (χ2v) is 3.93. The molecule has 0 unspecified atom stereocenters. The van der Waals surface area contributed by atoms with E-state index in [1.54, 1.807) is 6.21 Å². The molecule has 0 N–H and O–H groups in total. The fourth-order valence-electron chi connectivity index (χ4n) is 1.31. The number of dihydropyridines is 1. The first-order chi connectivity index (χ1) is 6.77. The van der Waals surface area contributed by atoms with E-state index >= 15 is 0 Å². The molecule has 1 nitrogen and oxygen atoms in total. The van der Waals surface area contributed by atoms with Gasteiger partial charge in [-0.1, -0.05) is 6.58 Å². The summed E-state index contributed by atoms with van der Waals surface area (Å²) in [7, 11) is 0. The van der Waals surface area contributed by atoms with Gasteiger partial charge in [-0.15, -0.1) is 0 Å². The Hall–Kier alpha value is -1.28. The minimum absolute atomic E-state index is 0.957. The second-order valence-electron chi connectivity index (χ2n) is 3.02. The average Bonchev–Trinajstić information content (AvgIpc) is 2.23. The summed E-state index contributed by atoms with van der Waals surface area (Å²) >= 11 is 3.44. The van der Waals surface area contributed by atoms with Gasteiger partial charge in [0.25, 0.3) is 0 Å². The van der Waals surface area contributed by atoms with Gasteiger partial charge in [0, 0.05) is 21.8 Å². The van der Waals surface area contributed by atoms with Crippen LogP contribution in [0.3, 0.4) is 0 Å². The standard InChI is InChI=1S/C12H9BrN/c1-9-5-6-10(13)8-11(9)12-4-2-3-7-14-12/h2-8H,1H2/q+1. The molecule has 68 valence electrons. The molecule has 14 heavy (non-hydrogen) atoms. The van der Waals surface area contributed by atoms with Crippen molar-refractivity contribution >= 4 is 34.4 Å². The van der Waals surface area contributed by atoms with Crippen LogP contribution in [0.2, 0.25) is 0 Å². The van der Waals surface area contributed by atoms with Gasteiger partial charge in [-0.3, -0.25) is 0 Å². The van der Waals surface area contributed by atoms with Gasteiger partial charge in [-0.05, 0) is 28.1 Å². The third kappa shape index (κ3) is 1.80. The Morgan fingerprint density at radius 3 is 2.93 bits per heavy atom. The van der Waals surface area contributed by atoms with Crippen molar-refractivity contribution in [1.29, 1.82) is 0 Å². The molecule has 0 saturated carbocycles. The third-order valence-corrected chi connectivity index (χ3v) is 2.51. The van der Waals surface area contributed by atoms with E-state index in [4.69, 9.17) is 0 Å². The summed E-state index contributed by atoms with van der Waals surface area (Å²) in [5.41, 5.74) is 0.957. The lowest BCUT2D eigenvalue weighted by atomic mass is 10.1. The Bertz CT molecular complexity index is 512. The molecule has 1 aliphatic heterocycles. The number of hydrogen-bond donors (Lipinski definition) is 0. The van der Waals surface area contributed by atoms with Gasteiger partial charge >= 0.3 is 0 Å². The van der Waals surface area contributed by atoms with Gasteiger partial charge in [-0.2, -0.15) is 0 Å². The Kier molecular flexibility index (Phi) is 2.55. The first-order valence-electron chi connectivity index (χ1n) is 4.30. The fourth-order valence-corrected chi connectivity index (χ4v) is 1.67. The van der Waals surface area contributed by atoms with E-state index in [1.807, 2.05) is 36.8 Å². The Morgan fingerprint density at radius 1 is 1.36 bits per heavy atom. The molecule has 0 aromatic heterocycles. The van der Waals surface area contributed by atoms with Crippen LogP contribution in [0, 0.1) is 6.42 Å². The van der Waals surface area contributed by atoms with Crippen molar-refractivity contribution in [1.82, 2.24) is 0 Å². The summed E-state index contributed by atoms with van der Waals surface area (Å²) < 4.78 is 1.05. The van der Waals surface area contributed by atoms with E-state index in [2.05, 4.69) is 27.5 Å². The molecule has 2 heteroatoms. The molecule has 1 aromatic rings. The van der Waals surface area contributed by atoms with Gasteiger partial charge in [0.05, 0.1) is 23.9 Å². The number of rotatable bonds is 0. The zero-order chi connectivity index (χ0) is 9.97. The first kappa shape index (κ1) is 9.28. The number of halogens is 1. The van der Waals surface area contributed by atoms with Crippen LogP contribution in [0.1, 0.15) is 0 Å². The van der Waals surface area contributed by atoms with E-state index in [-0.39, 0.29) is 0 Å². The molecule has 0 saturated heterocycles. The lowest BCUT2D eigenvalue weighted by Gasteiger charge is -1.94. The molecule has 1 aromatic carbocycles. The van der Waals surface area contributed by atoms with E-state index in [9.17, 15) is 0 Å². The Labute approximate surface area is 91.3 Å². The monoisotopic (exact) mass is 246 g/mol. The summed E-state index contributed by atoms with van der Waals surface area (Å²) in [6.07, 6.45) is 7.65. The fraction of sp³-hybridized carbons (Fsp3) is 0. The van der Waals surface area contributed by atoms with E-state index in [0.717, 1.165) is 20.6 Å². The van der Waals surface area contributed by atoms with Gasteiger partial charge in [-0.25, -0.2) is 4.99 Å². The molecule has 2 rings (SSSR count). The molecule has 0 radical (unpaired) electrons. The maximum absolute atomic E-state index is 4.29. The van der Waals surface area contributed by atoms with E-state index in [1.165, 1.54) is 0 Å². The molecule has 1 aliphatic rings.